The Morgan fingerprint density at radius 2 is 2.18 bits per heavy atom. The molecule has 3 unspecified atom stereocenters. The van der Waals surface area contributed by atoms with E-state index >= 15 is 0 Å². The SMILES string of the molecule is COCOC1CC2CCC1C2. The van der Waals surface area contributed by atoms with E-state index in [1.807, 2.05) is 0 Å². The summed E-state index contributed by atoms with van der Waals surface area (Å²) in [5, 5.41) is 0. The molecular weight excluding hydrogens is 140 g/mol. The van der Waals surface area contributed by atoms with E-state index < -0.39 is 0 Å². The molecule has 0 aromatic carbocycles. The van der Waals surface area contributed by atoms with Crippen molar-refractivity contribution in [2.75, 3.05) is 13.9 Å². The van der Waals surface area contributed by atoms with Gasteiger partial charge in [-0.05, 0) is 37.5 Å². The topological polar surface area (TPSA) is 18.5 Å². The molecule has 0 aromatic heterocycles. The van der Waals surface area contributed by atoms with Crippen LogP contribution in [-0.4, -0.2) is 20.0 Å². The average molecular weight is 156 g/mol. The van der Waals surface area contributed by atoms with E-state index in [9.17, 15) is 0 Å². The number of fused-ring (bicyclic) bond motifs is 2. The predicted octanol–water partition coefficient (Wildman–Crippen LogP) is 1.80. The maximum absolute atomic E-state index is 5.56. The molecule has 2 saturated carbocycles. The minimum atomic E-state index is 0.480. The molecule has 0 spiro atoms. The van der Waals surface area contributed by atoms with Gasteiger partial charge in [0.15, 0.2) is 0 Å². The van der Waals surface area contributed by atoms with Crippen LogP contribution in [0.15, 0.2) is 0 Å². The number of rotatable bonds is 3. The molecule has 64 valence electrons. The lowest BCUT2D eigenvalue weighted by Crippen LogP contribution is -2.21. The standard InChI is InChI=1S/C9H16O2/c1-10-6-11-9-5-7-2-3-8(9)4-7/h7-9H,2-6H2,1H3. The van der Waals surface area contributed by atoms with E-state index in [2.05, 4.69) is 0 Å². The Morgan fingerprint density at radius 1 is 1.27 bits per heavy atom. The molecule has 0 radical (unpaired) electrons. The number of methoxy groups -OCH3 is 1. The molecule has 2 aliphatic carbocycles. The highest BCUT2D eigenvalue weighted by atomic mass is 16.7. The summed E-state index contributed by atoms with van der Waals surface area (Å²) < 4.78 is 10.5. The van der Waals surface area contributed by atoms with Crippen molar-refractivity contribution in [1.29, 1.82) is 0 Å². The van der Waals surface area contributed by atoms with Crippen LogP contribution in [0.4, 0.5) is 0 Å². The van der Waals surface area contributed by atoms with E-state index in [4.69, 9.17) is 9.47 Å². The van der Waals surface area contributed by atoms with E-state index in [0.29, 0.717) is 12.9 Å². The molecule has 2 fully saturated rings. The van der Waals surface area contributed by atoms with Crippen molar-refractivity contribution in [3.63, 3.8) is 0 Å². The van der Waals surface area contributed by atoms with Crippen molar-refractivity contribution in [3.8, 4) is 0 Å². The third-order valence-electron chi connectivity index (χ3n) is 3.07. The Kier molecular flexibility index (Phi) is 2.14. The second-order valence-electron chi connectivity index (χ2n) is 3.79. The van der Waals surface area contributed by atoms with E-state index in [-0.39, 0.29) is 0 Å². The van der Waals surface area contributed by atoms with Gasteiger partial charge in [0.05, 0.1) is 6.10 Å². The fraction of sp³-hybridized carbons (Fsp3) is 1.00. The zero-order chi connectivity index (χ0) is 7.68. The van der Waals surface area contributed by atoms with Gasteiger partial charge in [0.2, 0.25) is 0 Å². The largest absolute Gasteiger partial charge is 0.359 e. The minimum Gasteiger partial charge on any atom is -0.359 e. The van der Waals surface area contributed by atoms with Crippen LogP contribution in [0.5, 0.6) is 0 Å². The fourth-order valence-electron chi connectivity index (χ4n) is 2.55. The van der Waals surface area contributed by atoms with Crippen LogP contribution in [-0.2, 0) is 9.47 Å². The number of hydrogen-bond donors (Lipinski definition) is 0. The van der Waals surface area contributed by atoms with Gasteiger partial charge in [-0.2, -0.15) is 0 Å². The van der Waals surface area contributed by atoms with Crippen molar-refractivity contribution in [2.24, 2.45) is 11.8 Å². The molecular formula is C9H16O2. The first kappa shape index (κ1) is 7.56. The first-order chi connectivity index (χ1) is 5.40. The van der Waals surface area contributed by atoms with Crippen LogP contribution in [0.2, 0.25) is 0 Å². The van der Waals surface area contributed by atoms with Crippen LogP contribution in [0.1, 0.15) is 25.7 Å². The van der Waals surface area contributed by atoms with Gasteiger partial charge in [-0.25, -0.2) is 0 Å². The molecule has 0 saturated heterocycles. The van der Waals surface area contributed by atoms with E-state index in [1.54, 1.807) is 7.11 Å². The molecule has 2 aliphatic rings. The van der Waals surface area contributed by atoms with Crippen molar-refractivity contribution in [2.45, 2.75) is 31.8 Å². The van der Waals surface area contributed by atoms with Crippen molar-refractivity contribution >= 4 is 0 Å². The second kappa shape index (κ2) is 3.11. The monoisotopic (exact) mass is 156 g/mol. The summed E-state index contributed by atoms with van der Waals surface area (Å²) in [5.74, 6) is 1.83. The summed E-state index contributed by atoms with van der Waals surface area (Å²) >= 11 is 0. The Morgan fingerprint density at radius 3 is 2.73 bits per heavy atom. The summed E-state index contributed by atoms with van der Waals surface area (Å²) in [4.78, 5) is 0. The molecule has 2 heteroatoms. The smallest absolute Gasteiger partial charge is 0.146 e. The molecule has 0 amide bonds. The van der Waals surface area contributed by atoms with Crippen molar-refractivity contribution in [3.05, 3.63) is 0 Å². The zero-order valence-electron chi connectivity index (χ0n) is 7.08. The van der Waals surface area contributed by atoms with Crippen LogP contribution in [0.3, 0.4) is 0 Å². The van der Waals surface area contributed by atoms with Gasteiger partial charge in [0.1, 0.15) is 6.79 Å². The van der Waals surface area contributed by atoms with E-state index in [0.717, 1.165) is 11.8 Å². The Labute approximate surface area is 67.9 Å². The molecule has 11 heavy (non-hydrogen) atoms. The lowest BCUT2D eigenvalue weighted by atomic mass is 9.98. The maximum atomic E-state index is 5.56. The van der Waals surface area contributed by atoms with Crippen molar-refractivity contribution < 1.29 is 9.47 Å². The van der Waals surface area contributed by atoms with Crippen LogP contribution in [0, 0.1) is 11.8 Å². The molecule has 0 aromatic rings. The molecule has 0 heterocycles. The summed E-state index contributed by atoms with van der Waals surface area (Å²) in [5.41, 5.74) is 0. The summed E-state index contributed by atoms with van der Waals surface area (Å²) in [6, 6.07) is 0. The second-order valence-corrected chi connectivity index (χ2v) is 3.79. The van der Waals surface area contributed by atoms with Crippen LogP contribution >= 0.6 is 0 Å². The Balaban J connectivity index is 1.78. The third kappa shape index (κ3) is 1.42. The highest BCUT2D eigenvalue weighted by Gasteiger charge is 2.39. The first-order valence-corrected chi connectivity index (χ1v) is 4.50. The van der Waals surface area contributed by atoms with Gasteiger partial charge in [-0.15, -0.1) is 0 Å². The zero-order valence-corrected chi connectivity index (χ0v) is 7.08. The number of hydrogen-bond acceptors (Lipinski definition) is 2. The highest BCUT2D eigenvalue weighted by Crippen LogP contribution is 2.45. The van der Waals surface area contributed by atoms with Gasteiger partial charge in [0.25, 0.3) is 0 Å². The summed E-state index contributed by atoms with van der Waals surface area (Å²) in [6.45, 7) is 0.480. The van der Waals surface area contributed by atoms with Crippen LogP contribution in [0.25, 0.3) is 0 Å². The van der Waals surface area contributed by atoms with Gasteiger partial charge >= 0.3 is 0 Å². The molecule has 2 bridgehead atoms. The Bertz CT molecular complexity index is 136. The van der Waals surface area contributed by atoms with Gasteiger partial charge in [-0.1, -0.05) is 0 Å². The van der Waals surface area contributed by atoms with Gasteiger partial charge < -0.3 is 9.47 Å². The normalized spacial score (nSPS) is 41.7. The first-order valence-electron chi connectivity index (χ1n) is 4.50. The average Bonchev–Trinajstić information content (AvgIpc) is 2.60. The molecule has 0 N–H and O–H groups in total. The maximum Gasteiger partial charge on any atom is 0.146 e. The van der Waals surface area contributed by atoms with Gasteiger partial charge in [-0.3, -0.25) is 0 Å². The van der Waals surface area contributed by atoms with Gasteiger partial charge in [0, 0.05) is 7.11 Å². The minimum absolute atomic E-state index is 0.480. The van der Waals surface area contributed by atoms with Crippen molar-refractivity contribution in [1.82, 2.24) is 0 Å². The molecule has 2 nitrogen and oxygen atoms in total. The van der Waals surface area contributed by atoms with Crippen LogP contribution < -0.4 is 0 Å². The molecule has 2 rings (SSSR count). The number of ether oxygens (including phenoxy) is 2. The third-order valence-corrected chi connectivity index (χ3v) is 3.07. The van der Waals surface area contributed by atoms with E-state index in [1.165, 1.54) is 25.7 Å². The summed E-state index contributed by atoms with van der Waals surface area (Å²) in [7, 11) is 1.69. The lowest BCUT2D eigenvalue weighted by molar-refractivity contribution is -0.0884. The highest BCUT2D eigenvalue weighted by molar-refractivity contribution is 4.90. The molecule has 3 atom stereocenters. The fourth-order valence-corrected chi connectivity index (χ4v) is 2.55. The lowest BCUT2D eigenvalue weighted by Gasteiger charge is -2.21. The summed E-state index contributed by atoms with van der Waals surface area (Å²) in [6.07, 6.45) is 6.05. The Hall–Kier alpha value is -0.0800. The predicted molar refractivity (Wildman–Crippen MR) is 42.2 cm³/mol. The quantitative estimate of drug-likeness (QED) is 0.580. The molecule has 0 aliphatic heterocycles.